The van der Waals surface area contributed by atoms with Crippen LogP contribution in [0.3, 0.4) is 0 Å². The Morgan fingerprint density at radius 1 is 0.962 bits per heavy atom. The number of unbranched alkanes of at least 4 members (excludes halogenated alkanes) is 6. The molecular weight excluding hydrogens is 332 g/mol. The monoisotopic (exact) mass is 368 g/mol. The lowest BCUT2D eigenvalue weighted by Crippen LogP contribution is -2.44. The Morgan fingerprint density at radius 3 is 2.31 bits per heavy atom. The molecule has 3 fully saturated rings. The number of carbonyl (C=O) groups is 2. The van der Waals surface area contributed by atoms with Gasteiger partial charge < -0.3 is 14.2 Å². The fraction of sp³-hybridized carbons (Fsp3) is 0.905. The molecule has 0 saturated carbocycles. The third-order valence-electron chi connectivity index (χ3n) is 5.74. The molecule has 150 valence electrons. The lowest BCUT2D eigenvalue weighted by atomic mass is 9.73. The van der Waals surface area contributed by atoms with E-state index >= 15 is 0 Å². The summed E-state index contributed by atoms with van der Waals surface area (Å²) < 4.78 is 16.5. The number of esters is 2. The van der Waals surface area contributed by atoms with Crippen LogP contribution in [0.4, 0.5) is 0 Å². The zero-order valence-electron chi connectivity index (χ0n) is 16.8. The lowest BCUT2D eigenvalue weighted by Gasteiger charge is -2.29. The van der Waals surface area contributed by atoms with Crippen molar-refractivity contribution in [3.05, 3.63) is 0 Å². The first-order valence-corrected chi connectivity index (χ1v) is 10.6. The number of hydrogen-bond acceptors (Lipinski definition) is 5. The molecule has 3 rings (SSSR count). The van der Waals surface area contributed by atoms with Crippen LogP contribution in [0.15, 0.2) is 0 Å². The molecule has 0 aliphatic carbocycles. The summed E-state index contributed by atoms with van der Waals surface area (Å²) in [6.45, 7) is 7.72. The van der Waals surface area contributed by atoms with E-state index in [1.165, 1.54) is 44.9 Å². The first-order chi connectivity index (χ1) is 12.6. The van der Waals surface area contributed by atoms with Crippen molar-refractivity contribution in [2.45, 2.75) is 96.7 Å². The third kappa shape index (κ3) is 4.86. The van der Waals surface area contributed by atoms with Crippen LogP contribution in [0.1, 0.15) is 85.0 Å². The first-order valence-electron chi connectivity index (χ1n) is 10.6. The summed E-state index contributed by atoms with van der Waals surface area (Å²) in [5.41, 5.74) is -0.609. The molecular formula is C21H36O5. The largest absolute Gasteiger partial charge is 0.393 e. The Labute approximate surface area is 158 Å². The maximum atomic E-state index is 11.9. The smallest absolute Gasteiger partial charge is 0.320 e. The average Bonchev–Trinajstić information content (AvgIpc) is 3.27. The summed E-state index contributed by atoms with van der Waals surface area (Å²) in [5, 5.41) is 0. The topological polar surface area (TPSA) is 61.8 Å². The molecule has 2 bridgehead atoms. The van der Waals surface area contributed by atoms with Crippen molar-refractivity contribution in [3.63, 3.8) is 0 Å². The summed E-state index contributed by atoms with van der Waals surface area (Å²) >= 11 is 0. The van der Waals surface area contributed by atoms with Crippen molar-refractivity contribution in [2.24, 2.45) is 11.8 Å². The van der Waals surface area contributed by atoms with Crippen LogP contribution < -0.4 is 0 Å². The summed E-state index contributed by atoms with van der Waals surface area (Å²) in [4.78, 5) is 23.6. The van der Waals surface area contributed by atoms with E-state index in [-0.39, 0.29) is 12.0 Å². The van der Waals surface area contributed by atoms with Crippen LogP contribution in [0.5, 0.6) is 0 Å². The van der Waals surface area contributed by atoms with E-state index in [0.717, 1.165) is 19.3 Å². The highest BCUT2D eigenvalue weighted by molar-refractivity contribution is 5.98. The second-order valence-corrected chi connectivity index (χ2v) is 7.82. The van der Waals surface area contributed by atoms with Gasteiger partial charge in [-0.3, -0.25) is 9.59 Å². The molecule has 0 aromatic carbocycles. The lowest BCUT2D eigenvalue weighted by molar-refractivity contribution is -0.161. The zero-order chi connectivity index (χ0) is 19.0. The van der Waals surface area contributed by atoms with Gasteiger partial charge in [0.1, 0.15) is 11.5 Å². The fourth-order valence-electron chi connectivity index (χ4n) is 4.31. The number of hydrogen-bond donors (Lipinski definition) is 0. The van der Waals surface area contributed by atoms with E-state index in [0.29, 0.717) is 13.2 Å². The molecule has 0 radical (unpaired) electrons. The van der Waals surface area contributed by atoms with Gasteiger partial charge in [-0.05, 0) is 19.3 Å². The molecule has 4 unspecified atom stereocenters. The van der Waals surface area contributed by atoms with E-state index in [4.69, 9.17) is 14.2 Å². The van der Waals surface area contributed by atoms with Crippen molar-refractivity contribution >= 4 is 11.9 Å². The second-order valence-electron chi connectivity index (χ2n) is 7.82. The predicted molar refractivity (Wildman–Crippen MR) is 99.7 cm³/mol. The minimum Gasteiger partial charge on any atom is -0.393 e. The number of ether oxygens (including phenoxy) is 3. The van der Waals surface area contributed by atoms with E-state index in [9.17, 15) is 9.59 Å². The van der Waals surface area contributed by atoms with Gasteiger partial charge in [0.15, 0.2) is 0 Å². The Kier molecular flexibility index (Phi) is 8.55. The third-order valence-corrected chi connectivity index (χ3v) is 5.74. The molecule has 0 amide bonds. The minimum atomic E-state index is -0.609. The van der Waals surface area contributed by atoms with Crippen molar-refractivity contribution in [1.82, 2.24) is 0 Å². The van der Waals surface area contributed by atoms with Gasteiger partial charge in [-0.15, -0.1) is 0 Å². The molecule has 0 N–H and O–H groups in total. The Hall–Kier alpha value is -0.940. The van der Waals surface area contributed by atoms with Crippen LogP contribution in [0, 0.1) is 11.8 Å². The van der Waals surface area contributed by atoms with Crippen molar-refractivity contribution < 1.29 is 23.8 Å². The van der Waals surface area contributed by atoms with E-state index in [1.807, 2.05) is 0 Å². The van der Waals surface area contributed by atoms with Gasteiger partial charge in [0, 0.05) is 6.61 Å². The van der Waals surface area contributed by atoms with Gasteiger partial charge in [-0.1, -0.05) is 65.7 Å². The molecule has 4 atom stereocenters. The standard InChI is InChI=1S/C16H24O5.C5H12/c1-2-3-4-5-6-9-19-10-16-8-7-11(21-16)12-13(16)15(18)20-14(12)17;1-3-5-4-2/h11-13H,2-10H2,1H3;3-5H2,1-2H3. The summed E-state index contributed by atoms with van der Waals surface area (Å²) in [6, 6.07) is 0. The molecule has 0 aromatic heterocycles. The highest BCUT2D eigenvalue weighted by Crippen LogP contribution is 2.54. The Balaban J connectivity index is 0.000000431. The van der Waals surface area contributed by atoms with Gasteiger partial charge in [-0.25, -0.2) is 0 Å². The maximum Gasteiger partial charge on any atom is 0.320 e. The van der Waals surface area contributed by atoms with Crippen molar-refractivity contribution in [3.8, 4) is 0 Å². The molecule has 0 spiro atoms. The molecule has 3 aliphatic rings. The van der Waals surface area contributed by atoms with Crippen LogP contribution in [0.25, 0.3) is 0 Å². The molecule has 26 heavy (non-hydrogen) atoms. The summed E-state index contributed by atoms with van der Waals surface area (Å²) in [6.07, 6.45) is 11.5. The second kappa shape index (κ2) is 10.4. The normalized spacial score (nSPS) is 31.6. The molecule has 3 aliphatic heterocycles. The molecule has 5 nitrogen and oxygen atoms in total. The van der Waals surface area contributed by atoms with Gasteiger partial charge in [0.2, 0.25) is 0 Å². The number of fused-ring (bicyclic) bond motifs is 5. The number of carbonyl (C=O) groups excluding carboxylic acids is 2. The Morgan fingerprint density at radius 2 is 1.65 bits per heavy atom. The van der Waals surface area contributed by atoms with Crippen LogP contribution in [0.2, 0.25) is 0 Å². The van der Waals surface area contributed by atoms with Crippen LogP contribution >= 0.6 is 0 Å². The van der Waals surface area contributed by atoms with Crippen molar-refractivity contribution in [1.29, 1.82) is 0 Å². The van der Waals surface area contributed by atoms with Gasteiger partial charge in [-0.2, -0.15) is 0 Å². The van der Waals surface area contributed by atoms with Crippen LogP contribution in [-0.4, -0.2) is 36.9 Å². The summed E-state index contributed by atoms with van der Waals surface area (Å²) in [7, 11) is 0. The quantitative estimate of drug-likeness (QED) is 0.324. The van der Waals surface area contributed by atoms with Crippen LogP contribution in [-0.2, 0) is 23.8 Å². The summed E-state index contributed by atoms with van der Waals surface area (Å²) in [5.74, 6) is -1.65. The van der Waals surface area contributed by atoms with Gasteiger partial charge in [0.05, 0.1) is 18.6 Å². The van der Waals surface area contributed by atoms with Gasteiger partial charge >= 0.3 is 11.9 Å². The molecule has 3 heterocycles. The minimum absolute atomic E-state index is 0.151. The van der Waals surface area contributed by atoms with Crippen molar-refractivity contribution in [2.75, 3.05) is 13.2 Å². The molecule has 0 aromatic rings. The number of rotatable bonds is 10. The van der Waals surface area contributed by atoms with E-state index in [2.05, 4.69) is 20.8 Å². The van der Waals surface area contributed by atoms with E-state index in [1.54, 1.807) is 0 Å². The van der Waals surface area contributed by atoms with E-state index < -0.39 is 23.5 Å². The van der Waals surface area contributed by atoms with Gasteiger partial charge in [0.25, 0.3) is 0 Å². The maximum absolute atomic E-state index is 11.9. The molecule has 3 saturated heterocycles. The SMILES string of the molecule is CCCCC.CCCCCCCOCC12CCC(O1)C1C(=O)OC(=O)C12. The highest BCUT2D eigenvalue weighted by Gasteiger charge is 2.69. The predicted octanol–water partition coefficient (Wildman–Crippen LogP) is 4.42. The highest BCUT2D eigenvalue weighted by atomic mass is 16.6. The Bertz CT molecular complexity index is 461. The average molecular weight is 369 g/mol. The zero-order valence-corrected chi connectivity index (χ0v) is 16.8. The molecule has 5 heteroatoms. The fourth-order valence-corrected chi connectivity index (χ4v) is 4.31. The first kappa shape index (κ1) is 21.4. The number of cyclic esters (lactones) is 2.